The van der Waals surface area contributed by atoms with Crippen molar-refractivity contribution in [3.05, 3.63) is 83.3 Å². The van der Waals surface area contributed by atoms with Gasteiger partial charge in [0.2, 0.25) is 0 Å². The van der Waals surface area contributed by atoms with Crippen LogP contribution in [0.1, 0.15) is 64.6 Å². The number of nitrogens with one attached hydrogen (secondary N) is 1. The highest BCUT2D eigenvalue weighted by molar-refractivity contribution is 6.05. The van der Waals surface area contributed by atoms with Crippen molar-refractivity contribution < 1.29 is 14.3 Å². The predicted octanol–water partition coefficient (Wildman–Crippen LogP) is 7.54. The van der Waals surface area contributed by atoms with Crippen molar-refractivity contribution in [2.45, 2.75) is 66.2 Å². The predicted molar refractivity (Wildman–Crippen MR) is 140 cm³/mol. The highest BCUT2D eigenvalue weighted by atomic mass is 16.5. The molecule has 0 bridgehead atoms. The number of furan rings is 1. The van der Waals surface area contributed by atoms with Gasteiger partial charge in [0, 0.05) is 23.4 Å². The van der Waals surface area contributed by atoms with Gasteiger partial charge in [-0.2, -0.15) is 0 Å². The Morgan fingerprint density at radius 2 is 1.88 bits per heavy atom. The Kier molecular flexibility index (Phi) is 7.47. The zero-order valence-electron chi connectivity index (χ0n) is 21.0. The minimum absolute atomic E-state index is 0.0596. The van der Waals surface area contributed by atoms with Crippen LogP contribution in [0.5, 0.6) is 0 Å². The summed E-state index contributed by atoms with van der Waals surface area (Å²) >= 11 is 0. The van der Waals surface area contributed by atoms with E-state index in [9.17, 15) is 5.11 Å². The fourth-order valence-corrected chi connectivity index (χ4v) is 4.52. The quantitative estimate of drug-likeness (QED) is 0.324. The molecule has 3 aromatic rings. The van der Waals surface area contributed by atoms with Crippen molar-refractivity contribution in [1.82, 2.24) is 5.32 Å². The lowest BCUT2D eigenvalue weighted by Crippen LogP contribution is -2.18. The molecule has 34 heavy (non-hydrogen) atoms. The Morgan fingerprint density at radius 1 is 1.09 bits per heavy atom. The second-order valence-electron chi connectivity index (χ2n) is 10.3. The number of hydrogen-bond donors (Lipinski definition) is 2. The second-order valence-corrected chi connectivity index (χ2v) is 10.3. The molecule has 4 rings (SSSR count). The molecule has 180 valence electrons. The van der Waals surface area contributed by atoms with Crippen molar-refractivity contribution in [3.63, 3.8) is 0 Å². The topological polar surface area (TPSA) is 54.6 Å². The fourth-order valence-electron chi connectivity index (χ4n) is 4.52. The van der Waals surface area contributed by atoms with Crippen molar-refractivity contribution >= 4 is 21.9 Å². The molecular formula is C30H37NO3. The summed E-state index contributed by atoms with van der Waals surface area (Å²) in [5, 5.41) is 16.3. The van der Waals surface area contributed by atoms with Crippen molar-refractivity contribution in [1.29, 1.82) is 0 Å². The van der Waals surface area contributed by atoms with E-state index in [1.54, 1.807) is 0 Å². The van der Waals surface area contributed by atoms with Gasteiger partial charge in [-0.05, 0) is 66.2 Å². The van der Waals surface area contributed by atoms with Crippen LogP contribution >= 0.6 is 0 Å². The molecule has 4 heteroatoms. The third-order valence-electron chi connectivity index (χ3n) is 6.13. The van der Waals surface area contributed by atoms with E-state index in [0.717, 1.165) is 46.1 Å². The molecule has 0 spiro atoms. The monoisotopic (exact) mass is 459 g/mol. The van der Waals surface area contributed by atoms with Crippen LogP contribution in [-0.4, -0.2) is 11.2 Å². The average molecular weight is 460 g/mol. The summed E-state index contributed by atoms with van der Waals surface area (Å²) in [5.74, 6) is 1.71. The molecule has 0 amide bonds. The van der Waals surface area contributed by atoms with Gasteiger partial charge in [0.05, 0.1) is 17.9 Å². The lowest BCUT2D eigenvalue weighted by Gasteiger charge is -2.22. The first-order valence-corrected chi connectivity index (χ1v) is 12.4. The van der Waals surface area contributed by atoms with E-state index in [4.69, 9.17) is 9.15 Å². The zero-order valence-corrected chi connectivity index (χ0v) is 21.0. The number of aliphatic hydroxyl groups is 1. The van der Waals surface area contributed by atoms with Gasteiger partial charge in [0.25, 0.3) is 0 Å². The van der Waals surface area contributed by atoms with Crippen molar-refractivity contribution in [3.8, 4) is 0 Å². The third kappa shape index (κ3) is 5.74. The molecule has 0 fully saturated rings. The maximum absolute atomic E-state index is 10.5. The van der Waals surface area contributed by atoms with Gasteiger partial charge in [-0.1, -0.05) is 58.0 Å². The minimum Gasteiger partial charge on any atom is -0.493 e. The van der Waals surface area contributed by atoms with Gasteiger partial charge in [-0.25, -0.2) is 0 Å². The number of benzene rings is 2. The Hall–Kier alpha value is -2.98. The van der Waals surface area contributed by atoms with E-state index in [0.29, 0.717) is 18.4 Å². The van der Waals surface area contributed by atoms with Crippen LogP contribution in [0.3, 0.4) is 0 Å². The van der Waals surface area contributed by atoms with E-state index in [1.165, 1.54) is 11.1 Å². The van der Waals surface area contributed by atoms with E-state index < -0.39 is 6.10 Å². The summed E-state index contributed by atoms with van der Waals surface area (Å²) in [5.41, 5.74) is 5.21. The van der Waals surface area contributed by atoms with Gasteiger partial charge in [-0.3, -0.25) is 0 Å². The van der Waals surface area contributed by atoms with E-state index in [1.807, 2.05) is 24.3 Å². The van der Waals surface area contributed by atoms with Crippen molar-refractivity contribution in [2.75, 3.05) is 0 Å². The van der Waals surface area contributed by atoms with Crippen LogP contribution in [0, 0.1) is 11.8 Å². The number of para-hydroxylation sites is 1. The first-order valence-electron chi connectivity index (χ1n) is 12.4. The number of rotatable bonds is 9. The van der Waals surface area contributed by atoms with Crippen LogP contribution in [-0.2, 0) is 11.3 Å². The zero-order chi connectivity index (χ0) is 24.2. The molecule has 1 aliphatic heterocycles. The lowest BCUT2D eigenvalue weighted by atomic mass is 9.95. The maximum atomic E-state index is 10.5. The molecule has 2 N–H and O–H groups in total. The molecular weight excluding hydrogens is 422 g/mol. The van der Waals surface area contributed by atoms with E-state index in [2.05, 4.69) is 76.5 Å². The van der Waals surface area contributed by atoms with Gasteiger partial charge in [0.15, 0.2) is 0 Å². The summed E-state index contributed by atoms with van der Waals surface area (Å²) in [7, 11) is 0. The lowest BCUT2D eigenvalue weighted by molar-refractivity contribution is 0.156. The highest BCUT2D eigenvalue weighted by Gasteiger charge is 2.19. The highest BCUT2D eigenvalue weighted by Crippen LogP contribution is 2.34. The molecule has 0 saturated heterocycles. The molecule has 4 nitrogen and oxygen atoms in total. The van der Waals surface area contributed by atoms with Crippen molar-refractivity contribution in [2.24, 2.45) is 11.8 Å². The summed E-state index contributed by atoms with van der Waals surface area (Å²) in [6, 6.07) is 12.6. The first kappa shape index (κ1) is 24.2. The minimum atomic E-state index is -0.498. The fraction of sp³-hybridized carbons (Fsp3) is 0.400. The molecule has 0 radical (unpaired) electrons. The number of dihydropyridines is 1. The van der Waals surface area contributed by atoms with Gasteiger partial charge in [-0.15, -0.1) is 0 Å². The molecule has 2 atom stereocenters. The summed E-state index contributed by atoms with van der Waals surface area (Å²) in [4.78, 5) is 0. The van der Waals surface area contributed by atoms with Crippen LogP contribution in [0.15, 0.2) is 76.6 Å². The summed E-state index contributed by atoms with van der Waals surface area (Å²) in [6.45, 7) is 11.1. The maximum Gasteiger partial charge on any atom is 0.135 e. The Labute approximate surface area is 203 Å². The number of ether oxygens (including phenoxy) is 1. The molecule has 1 aliphatic rings. The molecule has 0 saturated carbocycles. The summed E-state index contributed by atoms with van der Waals surface area (Å²) < 4.78 is 12.5. The van der Waals surface area contributed by atoms with Gasteiger partial charge in [0.1, 0.15) is 17.8 Å². The van der Waals surface area contributed by atoms with Gasteiger partial charge >= 0.3 is 0 Å². The largest absolute Gasteiger partial charge is 0.493 e. The second kappa shape index (κ2) is 10.5. The number of hydrogen-bond acceptors (Lipinski definition) is 4. The molecule has 1 aromatic heterocycles. The Balaban J connectivity index is 1.69. The van der Waals surface area contributed by atoms with Gasteiger partial charge < -0.3 is 19.6 Å². The van der Waals surface area contributed by atoms with Crippen LogP contribution in [0.25, 0.3) is 21.9 Å². The smallest absolute Gasteiger partial charge is 0.135 e. The third-order valence-corrected chi connectivity index (χ3v) is 6.13. The number of allylic oxidation sites excluding steroid dienone is 3. The van der Waals surface area contributed by atoms with Crippen LogP contribution < -0.4 is 5.32 Å². The molecule has 2 unspecified atom stereocenters. The normalized spacial score (nSPS) is 17.5. The molecule has 2 aromatic carbocycles. The first-order chi connectivity index (χ1) is 16.3. The number of aliphatic hydroxyl groups excluding tert-OH is 1. The SMILES string of the molecule is CC1=CNC(c2cc3c(cc2CO/C(=C\C(O)CC(C)C)CC(C)C)oc2ccccc23)C=C1. The average Bonchev–Trinajstić information content (AvgIpc) is 3.14. The van der Waals surface area contributed by atoms with E-state index >= 15 is 0 Å². The summed E-state index contributed by atoms with van der Waals surface area (Å²) in [6.07, 6.45) is 9.31. The Morgan fingerprint density at radius 3 is 2.59 bits per heavy atom. The van der Waals surface area contributed by atoms with Crippen LogP contribution in [0.2, 0.25) is 0 Å². The molecule has 0 aliphatic carbocycles. The van der Waals surface area contributed by atoms with E-state index in [-0.39, 0.29) is 6.04 Å². The van der Waals surface area contributed by atoms with Crippen LogP contribution in [0.4, 0.5) is 0 Å². The molecule has 2 heterocycles. The standard InChI is InChI=1S/C30H37NO3/c1-19(2)12-23(32)15-24(13-20(3)4)33-18-22-14-30-27(25-8-6-7-9-29(25)34-30)16-26(22)28-11-10-21(5)17-31-28/h6-11,14-17,19-20,23,28,31-32H,12-13,18H2,1-5H3/b24-15-. The Bertz CT molecular complexity index is 1230. The number of fused-ring (bicyclic) bond motifs is 3.